The number of hydrogen-bond donors (Lipinski definition) is 1. The summed E-state index contributed by atoms with van der Waals surface area (Å²) in [6, 6.07) is 9.47. The highest BCUT2D eigenvalue weighted by Gasteiger charge is 2.22. The van der Waals surface area contributed by atoms with Crippen LogP contribution in [-0.4, -0.2) is 45.0 Å². The summed E-state index contributed by atoms with van der Waals surface area (Å²) >= 11 is 0. The number of nitrogens with zero attached hydrogens (tertiary/aromatic N) is 2. The summed E-state index contributed by atoms with van der Waals surface area (Å²) in [6.45, 7) is 3.18. The van der Waals surface area contributed by atoms with Crippen molar-refractivity contribution < 1.29 is 14.3 Å². The Morgan fingerprint density at radius 1 is 1.30 bits per heavy atom. The molecule has 1 aliphatic rings. The van der Waals surface area contributed by atoms with Crippen molar-refractivity contribution in [3.05, 3.63) is 35.9 Å². The molecule has 1 atom stereocenters. The van der Waals surface area contributed by atoms with E-state index in [1.54, 1.807) is 12.1 Å². The quantitative estimate of drug-likeness (QED) is 0.647. The highest BCUT2D eigenvalue weighted by molar-refractivity contribution is 6.10. The number of carbonyl (C=O) groups excluding carboxylic acids is 2. The second-order valence-corrected chi connectivity index (χ2v) is 5.10. The summed E-state index contributed by atoms with van der Waals surface area (Å²) in [4.78, 5) is 25.5. The summed E-state index contributed by atoms with van der Waals surface area (Å²) in [5, 5.41) is 11.2. The number of ketones is 1. The van der Waals surface area contributed by atoms with Crippen LogP contribution < -0.4 is 10.2 Å². The van der Waals surface area contributed by atoms with Crippen LogP contribution in [-0.2, 0) is 14.3 Å². The number of ether oxygens (including phenoxy) is 1. The van der Waals surface area contributed by atoms with Crippen molar-refractivity contribution in [3.63, 3.8) is 0 Å². The monoisotopic (exact) mass is 313 g/mol. The van der Waals surface area contributed by atoms with E-state index in [4.69, 9.17) is 10.00 Å². The number of morpholine rings is 1. The fraction of sp³-hybridized carbons (Fsp3) is 0.353. The molecule has 1 N–H and O–H groups in total. The fourth-order valence-electron chi connectivity index (χ4n) is 2.29. The Morgan fingerprint density at radius 2 is 1.96 bits per heavy atom. The Kier molecular flexibility index (Phi) is 5.89. The molecule has 6 nitrogen and oxygen atoms in total. The van der Waals surface area contributed by atoms with E-state index < -0.39 is 17.6 Å². The molecule has 1 heterocycles. The Hall–Kier alpha value is -2.65. The van der Waals surface area contributed by atoms with Gasteiger partial charge in [0.1, 0.15) is 0 Å². The van der Waals surface area contributed by atoms with Gasteiger partial charge in [-0.15, -0.1) is 0 Å². The number of rotatable bonds is 5. The van der Waals surface area contributed by atoms with Gasteiger partial charge < -0.3 is 15.0 Å². The molecule has 1 aromatic rings. The van der Waals surface area contributed by atoms with Gasteiger partial charge in [-0.2, -0.15) is 5.26 Å². The number of anilines is 1. The molecule has 0 aromatic heterocycles. The molecule has 1 unspecified atom stereocenters. The third kappa shape index (κ3) is 4.41. The summed E-state index contributed by atoms with van der Waals surface area (Å²) in [7, 11) is 1.40. The van der Waals surface area contributed by atoms with Crippen LogP contribution in [0.25, 0.3) is 6.08 Å². The SMILES string of the molecule is CNC(=O)C(C#N)C(=O)/C=C/c1ccc(N2CCOCC2)cc1. The van der Waals surface area contributed by atoms with Crippen LogP contribution in [0.1, 0.15) is 5.56 Å². The molecule has 1 amide bonds. The summed E-state index contributed by atoms with van der Waals surface area (Å²) < 4.78 is 5.32. The van der Waals surface area contributed by atoms with Crippen molar-refractivity contribution in [2.75, 3.05) is 38.3 Å². The molecule has 23 heavy (non-hydrogen) atoms. The third-order valence-corrected chi connectivity index (χ3v) is 3.63. The zero-order valence-corrected chi connectivity index (χ0v) is 13.0. The molecular weight excluding hydrogens is 294 g/mol. The zero-order valence-electron chi connectivity index (χ0n) is 13.0. The summed E-state index contributed by atoms with van der Waals surface area (Å²) in [6.07, 6.45) is 2.88. The number of amides is 1. The minimum absolute atomic E-state index is 0.524. The van der Waals surface area contributed by atoms with Crippen molar-refractivity contribution in [1.29, 1.82) is 5.26 Å². The first-order chi connectivity index (χ1) is 11.2. The average Bonchev–Trinajstić information content (AvgIpc) is 2.61. The van der Waals surface area contributed by atoms with Gasteiger partial charge in [0, 0.05) is 25.8 Å². The fourth-order valence-corrected chi connectivity index (χ4v) is 2.29. The van der Waals surface area contributed by atoms with E-state index in [1.807, 2.05) is 24.3 Å². The normalized spacial score (nSPS) is 15.9. The van der Waals surface area contributed by atoms with Crippen LogP contribution in [0.3, 0.4) is 0 Å². The van der Waals surface area contributed by atoms with Gasteiger partial charge in [0.2, 0.25) is 5.91 Å². The van der Waals surface area contributed by atoms with Gasteiger partial charge in [-0.1, -0.05) is 18.2 Å². The minimum atomic E-state index is -1.30. The predicted molar refractivity (Wildman–Crippen MR) is 86.7 cm³/mol. The Bertz CT molecular complexity index is 625. The zero-order chi connectivity index (χ0) is 16.7. The summed E-state index contributed by atoms with van der Waals surface area (Å²) in [5.74, 6) is -2.42. The minimum Gasteiger partial charge on any atom is -0.378 e. The average molecular weight is 313 g/mol. The van der Waals surface area contributed by atoms with E-state index in [2.05, 4.69) is 10.2 Å². The van der Waals surface area contributed by atoms with Crippen molar-refractivity contribution in [2.45, 2.75) is 0 Å². The molecule has 0 saturated carbocycles. The van der Waals surface area contributed by atoms with Gasteiger partial charge in [0.05, 0.1) is 19.3 Å². The first-order valence-corrected chi connectivity index (χ1v) is 7.41. The maximum Gasteiger partial charge on any atom is 0.245 e. The van der Waals surface area contributed by atoms with Crippen LogP contribution in [0.4, 0.5) is 5.69 Å². The number of nitriles is 1. The second-order valence-electron chi connectivity index (χ2n) is 5.10. The maximum atomic E-state index is 11.9. The first-order valence-electron chi connectivity index (χ1n) is 7.41. The van der Waals surface area contributed by atoms with E-state index in [-0.39, 0.29) is 0 Å². The van der Waals surface area contributed by atoms with Crippen LogP contribution >= 0.6 is 0 Å². The van der Waals surface area contributed by atoms with Gasteiger partial charge in [0.25, 0.3) is 0 Å². The topological polar surface area (TPSA) is 82.4 Å². The lowest BCUT2D eigenvalue weighted by atomic mass is 10.0. The van der Waals surface area contributed by atoms with Crippen molar-refractivity contribution in [1.82, 2.24) is 5.32 Å². The Labute approximate surface area is 135 Å². The van der Waals surface area contributed by atoms with Crippen molar-refractivity contribution >= 4 is 23.5 Å². The van der Waals surface area contributed by atoms with Crippen LogP contribution in [0.5, 0.6) is 0 Å². The molecule has 2 rings (SSSR count). The highest BCUT2D eigenvalue weighted by atomic mass is 16.5. The second kappa shape index (κ2) is 8.11. The van der Waals surface area contributed by atoms with E-state index in [9.17, 15) is 9.59 Å². The van der Waals surface area contributed by atoms with Gasteiger partial charge in [-0.25, -0.2) is 0 Å². The van der Waals surface area contributed by atoms with Gasteiger partial charge in [-0.3, -0.25) is 9.59 Å². The molecule has 0 radical (unpaired) electrons. The van der Waals surface area contributed by atoms with Crippen LogP contribution in [0, 0.1) is 17.2 Å². The number of benzene rings is 1. The lowest BCUT2D eigenvalue weighted by molar-refractivity contribution is -0.129. The highest BCUT2D eigenvalue weighted by Crippen LogP contribution is 2.17. The largest absolute Gasteiger partial charge is 0.378 e. The van der Waals surface area contributed by atoms with Gasteiger partial charge >= 0.3 is 0 Å². The molecular formula is C17H19N3O3. The Morgan fingerprint density at radius 3 is 2.52 bits per heavy atom. The molecule has 1 aromatic carbocycles. The smallest absolute Gasteiger partial charge is 0.245 e. The van der Waals surface area contributed by atoms with Crippen LogP contribution in [0.2, 0.25) is 0 Å². The van der Waals surface area contributed by atoms with Crippen molar-refractivity contribution in [2.24, 2.45) is 5.92 Å². The molecule has 120 valence electrons. The molecule has 0 bridgehead atoms. The molecule has 6 heteroatoms. The lowest BCUT2D eigenvalue weighted by Crippen LogP contribution is -2.36. The van der Waals surface area contributed by atoms with E-state index in [0.29, 0.717) is 0 Å². The van der Waals surface area contributed by atoms with Crippen molar-refractivity contribution in [3.8, 4) is 6.07 Å². The third-order valence-electron chi connectivity index (χ3n) is 3.63. The molecule has 1 aliphatic heterocycles. The van der Waals surface area contributed by atoms with Gasteiger partial charge in [-0.05, 0) is 23.8 Å². The lowest BCUT2D eigenvalue weighted by Gasteiger charge is -2.28. The van der Waals surface area contributed by atoms with Crippen LogP contribution in [0.15, 0.2) is 30.3 Å². The maximum absolute atomic E-state index is 11.9. The van der Waals surface area contributed by atoms with E-state index in [1.165, 1.54) is 13.1 Å². The first kappa shape index (κ1) is 16.7. The van der Waals surface area contributed by atoms with E-state index in [0.717, 1.165) is 37.6 Å². The summed E-state index contributed by atoms with van der Waals surface area (Å²) in [5.41, 5.74) is 1.95. The number of hydrogen-bond acceptors (Lipinski definition) is 5. The van der Waals surface area contributed by atoms with Gasteiger partial charge in [0.15, 0.2) is 11.7 Å². The Balaban J connectivity index is 2.01. The molecule has 0 spiro atoms. The number of carbonyl (C=O) groups is 2. The predicted octanol–water partition coefficient (Wildman–Crippen LogP) is 0.991. The number of nitrogens with one attached hydrogen (secondary N) is 1. The number of allylic oxidation sites excluding steroid dienone is 1. The standard InChI is InChI=1S/C17H19N3O3/c1-19-17(22)15(12-18)16(21)7-4-13-2-5-14(6-3-13)20-8-10-23-11-9-20/h2-7,15H,8-11H2,1H3,(H,19,22)/b7-4+. The molecule has 0 aliphatic carbocycles. The molecule has 1 saturated heterocycles. The van der Waals surface area contributed by atoms with E-state index >= 15 is 0 Å². The molecule has 1 fully saturated rings.